The number of aromatic hydroxyl groups is 1. The van der Waals surface area contributed by atoms with Crippen LogP contribution in [0.3, 0.4) is 0 Å². The van der Waals surface area contributed by atoms with Crippen molar-refractivity contribution in [3.8, 4) is 11.5 Å². The van der Waals surface area contributed by atoms with Crippen molar-refractivity contribution in [2.45, 2.75) is 20.3 Å². The Kier molecular flexibility index (Phi) is 3.12. The van der Waals surface area contributed by atoms with E-state index in [1.54, 1.807) is 6.07 Å². The van der Waals surface area contributed by atoms with E-state index in [4.69, 9.17) is 4.74 Å². The summed E-state index contributed by atoms with van der Waals surface area (Å²) < 4.78 is 5.00. The van der Waals surface area contributed by atoms with Gasteiger partial charge in [-0.25, -0.2) is 0 Å². The van der Waals surface area contributed by atoms with Crippen molar-refractivity contribution in [3.05, 3.63) is 23.3 Å². The topological polar surface area (TPSA) is 46.5 Å². The van der Waals surface area contributed by atoms with Crippen molar-refractivity contribution in [1.29, 1.82) is 0 Å². The van der Waals surface area contributed by atoms with Crippen LogP contribution in [0.2, 0.25) is 0 Å². The van der Waals surface area contributed by atoms with E-state index >= 15 is 0 Å². The number of carbonyl (C=O) groups excluding carboxylic acids is 1. The third-order valence-corrected chi connectivity index (χ3v) is 1.97. The van der Waals surface area contributed by atoms with Crippen molar-refractivity contribution in [2.75, 3.05) is 7.11 Å². The first-order valence-corrected chi connectivity index (χ1v) is 4.40. The molecule has 76 valence electrons. The zero-order valence-corrected chi connectivity index (χ0v) is 8.63. The van der Waals surface area contributed by atoms with Gasteiger partial charge in [-0.15, -0.1) is 0 Å². The van der Waals surface area contributed by atoms with Gasteiger partial charge in [-0.3, -0.25) is 4.79 Å². The van der Waals surface area contributed by atoms with Crippen LogP contribution < -0.4 is 4.74 Å². The maximum absolute atomic E-state index is 10.9. The predicted molar refractivity (Wildman–Crippen MR) is 53.8 cm³/mol. The SMILES string of the molecule is COc1c(C)cc(CC(C)=O)cc1O. The zero-order valence-electron chi connectivity index (χ0n) is 8.63. The highest BCUT2D eigenvalue weighted by atomic mass is 16.5. The number of hydrogen-bond donors (Lipinski definition) is 1. The van der Waals surface area contributed by atoms with Crippen LogP contribution in [0, 0.1) is 6.92 Å². The van der Waals surface area contributed by atoms with Crippen LogP contribution >= 0.6 is 0 Å². The molecule has 14 heavy (non-hydrogen) atoms. The summed E-state index contributed by atoms with van der Waals surface area (Å²) in [5.41, 5.74) is 1.65. The van der Waals surface area contributed by atoms with Crippen LogP contribution in [0.15, 0.2) is 12.1 Å². The number of methoxy groups -OCH3 is 1. The summed E-state index contributed by atoms with van der Waals surface area (Å²) in [4.78, 5) is 10.9. The molecule has 0 bridgehead atoms. The van der Waals surface area contributed by atoms with Gasteiger partial charge in [0.2, 0.25) is 0 Å². The van der Waals surface area contributed by atoms with Gasteiger partial charge in [0.05, 0.1) is 7.11 Å². The number of ketones is 1. The summed E-state index contributed by atoms with van der Waals surface area (Å²) in [6, 6.07) is 3.41. The van der Waals surface area contributed by atoms with Crippen LogP contribution in [0.1, 0.15) is 18.1 Å². The Morgan fingerprint density at radius 1 is 1.50 bits per heavy atom. The smallest absolute Gasteiger partial charge is 0.163 e. The molecule has 0 fully saturated rings. The molecule has 3 heteroatoms. The first-order chi connectivity index (χ1) is 6.54. The lowest BCUT2D eigenvalue weighted by Gasteiger charge is -2.08. The minimum Gasteiger partial charge on any atom is -0.504 e. The monoisotopic (exact) mass is 194 g/mol. The van der Waals surface area contributed by atoms with E-state index in [-0.39, 0.29) is 11.5 Å². The number of carbonyl (C=O) groups is 1. The third-order valence-electron chi connectivity index (χ3n) is 1.97. The standard InChI is InChI=1S/C11H14O3/c1-7-4-9(5-8(2)12)6-10(13)11(7)14-3/h4,6,13H,5H2,1-3H3. The summed E-state index contributed by atoms with van der Waals surface area (Å²) in [5.74, 6) is 0.634. The minimum absolute atomic E-state index is 0.0777. The molecule has 0 saturated heterocycles. The van der Waals surface area contributed by atoms with Gasteiger partial charge in [-0.2, -0.15) is 0 Å². The molecule has 1 aromatic rings. The van der Waals surface area contributed by atoms with Crippen molar-refractivity contribution in [2.24, 2.45) is 0 Å². The summed E-state index contributed by atoms with van der Waals surface area (Å²) >= 11 is 0. The van der Waals surface area contributed by atoms with Crippen LogP contribution in [0.25, 0.3) is 0 Å². The fourth-order valence-corrected chi connectivity index (χ4v) is 1.48. The molecule has 0 heterocycles. The van der Waals surface area contributed by atoms with Gasteiger partial charge >= 0.3 is 0 Å². The predicted octanol–water partition coefficient (Wildman–Crippen LogP) is 1.84. The molecule has 3 nitrogen and oxygen atoms in total. The van der Waals surface area contributed by atoms with E-state index in [1.165, 1.54) is 14.0 Å². The lowest BCUT2D eigenvalue weighted by Crippen LogP contribution is -1.97. The zero-order chi connectivity index (χ0) is 10.7. The number of rotatable bonds is 3. The molecule has 1 rings (SSSR count). The van der Waals surface area contributed by atoms with E-state index in [1.807, 2.05) is 13.0 Å². The summed E-state index contributed by atoms with van der Waals surface area (Å²) in [5, 5.41) is 9.55. The highest BCUT2D eigenvalue weighted by Crippen LogP contribution is 2.30. The second kappa shape index (κ2) is 4.13. The first kappa shape index (κ1) is 10.6. The average Bonchev–Trinajstić information content (AvgIpc) is 2.01. The Morgan fingerprint density at radius 3 is 2.57 bits per heavy atom. The summed E-state index contributed by atoms with van der Waals surface area (Å²) in [6.45, 7) is 3.36. The third kappa shape index (κ3) is 2.25. The average molecular weight is 194 g/mol. The number of ether oxygens (including phenoxy) is 1. The highest BCUT2D eigenvalue weighted by Gasteiger charge is 2.08. The molecule has 0 amide bonds. The molecule has 0 saturated carbocycles. The van der Waals surface area contributed by atoms with Gasteiger partial charge in [0.15, 0.2) is 11.5 Å². The van der Waals surface area contributed by atoms with Gasteiger partial charge in [0.1, 0.15) is 5.78 Å². The fraction of sp³-hybridized carbons (Fsp3) is 0.364. The molecule has 1 aromatic carbocycles. The number of Topliss-reactive ketones (excluding diaryl/α,β-unsaturated/α-hetero) is 1. The molecular weight excluding hydrogens is 180 g/mol. The summed E-state index contributed by atoms with van der Waals surface area (Å²) in [7, 11) is 1.51. The normalized spacial score (nSPS) is 9.93. The maximum Gasteiger partial charge on any atom is 0.163 e. The van der Waals surface area contributed by atoms with Crippen LogP contribution in [0.4, 0.5) is 0 Å². The number of aryl methyl sites for hydroxylation is 1. The van der Waals surface area contributed by atoms with Crippen LogP contribution in [-0.4, -0.2) is 18.0 Å². The van der Waals surface area contributed by atoms with Gasteiger partial charge < -0.3 is 9.84 Å². The number of phenols is 1. The number of hydrogen-bond acceptors (Lipinski definition) is 3. The van der Waals surface area contributed by atoms with Crippen molar-refractivity contribution >= 4 is 5.78 Å². The molecule has 0 aliphatic heterocycles. The quantitative estimate of drug-likeness (QED) is 0.798. The number of benzene rings is 1. The lowest BCUT2D eigenvalue weighted by molar-refractivity contribution is -0.116. The molecule has 0 unspecified atom stereocenters. The Balaban J connectivity index is 3.07. The van der Waals surface area contributed by atoms with E-state index < -0.39 is 0 Å². The highest BCUT2D eigenvalue weighted by molar-refractivity contribution is 5.78. The van der Waals surface area contributed by atoms with E-state index in [9.17, 15) is 9.90 Å². The molecule has 0 aromatic heterocycles. The van der Waals surface area contributed by atoms with Crippen LogP contribution in [0.5, 0.6) is 11.5 Å². The van der Waals surface area contributed by atoms with Gasteiger partial charge in [-0.1, -0.05) is 6.07 Å². The second-order valence-electron chi connectivity index (χ2n) is 3.34. The van der Waals surface area contributed by atoms with E-state index in [0.29, 0.717) is 12.2 Å². The van der Waals surface area contributed by atoms with Crippen molar-refractivity contribution < 1.29 is 14.6 Å². The van der Waals surface area contributed by atoms with Gasteiger partial charge in [-0.05, 0) is 31.0 Å². The number of phenolic OH excluding ortho intramolecular Hbond substituents is 1. The largest absolute Gasteiger partial charge is 0.504 e. The molecule has 1 N–H and O–H groups in total. The molecular formula is C11H14O3. The molecule has 0 aliphatic rings. The van der Waals surface area contributed by atoms with Gasteiger partial charge in [0, 0.05) is 6.42 Å². The summed E-state index contributed by atoms with van der Waals surface area (Å²) in [6.07, 6.45) is 0.346. The Hall–Kier alpha value is -1.51. The van der Waals surface area contributed by atoms with E-state index in [0.717, 1.165) is 11.1 Å². The molecule has 0 aliphatic carbocycles. The fourth-order valence-electron chi connectivity index (χ4n) is 1.48. The molecule has 0 atom stereocenters. The van der Waals surface area contributed by atoms with Crippen molar-refractivity contribution in [3.63, 3.8) is 0 Å². The molecule has 0 radical (unpaired) electrons. The Labute approximate surface area is 83.3 Å². The Morgan fingerprint density at radius 2 is 2.14 bits per heavy atom. The second-order valence-corrected chi connectivity index (χ2v) is 3.34. The first-order valence-electron chi connectivity index (χ1n) is 4.40. The van der Waals surface area contributed by atoms with Gasteiger partial charge in [0.25, 0.3) is 0 Å². The minimum atomic E-state index is 0.0777. The lowest BCUT2D eigenvalue weighted by atomic mass is 10.1. The Bertz CT molecular complexity index is 333. The van der Waals surface area contributed by atoms with E-state index in [2.05, 4.69) is 0 Å². The van der Waals surface area contributed by atoms with Crippen LogP contribution in [-0.2, 0) is 11.2 Å². The van der Waals surface area contributed by atoms with Crippen molar-refractivity contribution in [1.82, 2.24) is 0 Å². The molecule has 0 spiro atoms. The maximum atomic E-state index is 10.9.